The van der Waals surface area contributed by atoms with Crippen molar-refractivity contribution in [3.8, 4) is 0 Å². The highest BCUT2D eigenvalue weighted by molar-refractivity contribution is 5.89. The second-order valence-corrected chi connectivity index (χ2v) is 7.21. The van der Waals surface area contributed by atoms with Gasteiger partial charge in [-0.25, -0.2) is 4.79 Å². The summed E-state index contributed by atoms with van der Waals surface area (Å²) >= 11 is 0. The summed E-state index contributed by atoms with van der Waals surface area (Å²) in [4.78, 5) is 39.5. The normalized spacial score (nSPS) is 24.4. The van der Waals surface area contributed by atoms with Crippen LogP contribution in [0.15, 0.2) is 0 Å². The molecule has 2 amide bonds. The smallest absolute Gasteiger partial charge is 0.410 e. The van der Waals surface area contributed by atoms with Crippen LogP contribution in [-0.2, 0) is 19.1 Å². The average Bonchev–Trinajstić information content (AvgIpc) is 2.98. The number of amides is 2. The number of hydrogen-bond donors (Lipinski definition) is 0. The first-order chi connectivity index (χ1) is 10.7. The van der Waals surface area contributed by atoms with E-state index in [1.807, 2.05) is 20.8 Å². The minimum atomic E-state index is -0.566. The molecule has 7 nitrogen and oxygen atoms in total. The summed E-state index contributed by atoms with van der Waals surface area (Å²) in [5, 5.41) is 0. The van der Waals surface area contributed by atoms with Gasteiger partial charge < -0.3 is 19.3 Å². The van der Waals surface area contributed by atoms with E-state index in [2.05, 4.69) is 0 Å². The van der Waals surface area contributed by atoms with Crippen LogP contribution in [0.3, 0.4) is 0 Å². The predicted molar refractivity (Wildman–Crippen MR) is 82.7 cm³/mol. The molecule has 130 valence electrons. The van der Waals surface area contributed by atoms with E-state index in [0.717, 1.165) is 0 Å². The molecule has 2 fully saturated rings. The van der Waals surface area contributed by atoms with Crippen molar-refractivity contribution < 1.29 is 23.9 Å². The Kier molecular flexibility index (Phi) is 4.87. The molecule has 0 bridgehead atoms. The lowest BCUT2D eigenvalue weighted by molar-refractivity contribution is -0.149. The molecule has 2 saturated heterocycles. The van der Waals surface area contributed by atoms with Crippen LogP contribution < -0.4 is 0 Å². The molecule has 0 radical (unpaired) electrons. The van der Waals surface area contributed by atoms with E-state index in [-0.39, 0.29) is 24.5 Å². The molecule has 1 spiro atoms. The van der Waals surface area contributed by atoms with Gasteiger partial charge in [0.1, 0.15) is 12.1 Å². The van der Waals surface area contributed by atoms with Gasteiger partial charge in [0.15, 0.2) is 0 Å². The van der Waals surface area contributed by atoms with E-state index in [9.17, 15) is 14.4 Å². The van der Waals surface area contributed by atoms with Gasteiger partial charge in [0.2, 0.25) is 5.91 Å². The summed E-state index contributed by atoms with van der Waals surface area (Å²) < 4.78 is 10.3. The van der Waals surface area contributed by atoms with Gasteiger partial charge in [-0.2, -0.15) is 0 Å². The van der Waals surface area contributed by atoms with Gasteiger partial charge in [0.25, 0.3) is 0 Å². The molecule has 2 aliphatic rings. The summed E-state index contributed by atoms with van der Waals surface area (Å²) in [6, 6.07) is 0. The second-order valence-electron chi connectivity index (χ2n) is 7.21. The highest BCUT2D eigenvalue weighted by Crippen LogP contribution is 2.41. The first-order valence-corrected chi connectivity index (χ1v) is 8.10. The molecule has 7 heteroatoms. The van der Waals surface area contributed by atoms with Crippen LogP contribution in [0.5, 0.6) is 0 Å². The van der Waals surface area contributed by atoms with Crippen LogP contribution in [-0.4, -0.2) is 66.2 Å². The molecule has 23 heavy (non-hydrogen) atoms. The van der Waals surface area contributed by atoms with Crippen LogP contribution >= 0.6 is 0 Å². The van der Waals surface area contributed by atoms with E-state index in [0.29, 0.717) is 39.1 Å². The molecule has 0 aliphatic carbocycles. The molecular weight excluding hydrogens is 300 g/mol. The maximum absolute atomic E-state index is 12.7. The number of carbonyl (C=O) groups excluding carboxylic acids is 3. The van der Waals surface area contributed by atoms with Gasteiger partial charge in [0, 0.05) is 19.6 Å². The second kappa shape index (κ2) is 6.37. The molecule has 0 aromatic carbocycles. The number of hydrogen-bond acceptors (Lipinski definition) is 5. The van der Waals surface area contributed by atoms with Crippen molar-refractivity contribution in [1.82, 2.24) is 9.80 Å². The molecular formula is C16H26N2O5. The predicted octanol–water partition coefficient (Wildman–Crippen LogP) is 1.41. The van der Waals surface area contributed by atoms with E-state index in [1.54, 1.807) is 11.8 Å². The van der Waals surface area contributed by atoms with Crippen molar-refractivity contribution >= 4 is 18.0 Å². The van der Waals surface area contributed by atoms with Crippen LogP contribution in [0.1, 0.15) is 40.5 Å². The average molecular weight is 326 g/mol. The van der Waals surface area contributed by atoms with Gasteiger partial charge in [-0.3, -0.25) is 9.59 Å². The Morgan fingerprint density at radius 1 is 1.22 bits per heavy atom. The Bertz CT molecular complexity index is 499. The first-order valence-electron chi connectivity index (χ1n) is 8.10. The quantitative estimate of drug-likeness (QED) is 0.733. The van der Waals surface area contributed by atoms with E-state index >= 15 is 0 Å². The molecule has 0 N–H and O–H groups in total. The van der Waals surface area contributed by atoms with Crippen molar-refractivity contribution in [1.29, 1.82) is 0 Å². The number of ether oxygens (including phenoxy) is 2. The van der Waals surface area contributed by atoms with Gasteiger partial charge in [-0.15, -0.1) is 0 Å². The molecule has 0 aromatic rings. The zero-order valence-electron chi connectivity index (χ0n) is 14.4. The summed E-state index contributed by atoms with van der Waals surface area (Å²) in [6.07, 6.45) is 0.889. The lowest BCUT2D eigenvalue weighted by atomic mass is 9.85. The lowest BCUT2D eigenvalue weighted by Crippen LogP contribution is -2.41. The Morgan fingerprint density at radius 2 is 1.87 bits per heavy atom. The molecule has 2 aliphatic heterocycles. The van der Waals surface area contributed by atoms with E-state index in [4.69, 9.17) is 9.47 Å². The first kappa shape index (κ1) is 17.6. The van der Waals surface area contributed by atoms with Gasteiger partial charge in [0.05, 0.1) is 12.0 Å². The third-order valence-electron chi connectivity index (χ3n) is 4.23. The SMILES string of the molecule is CCOC(=O)CN1CCC2(CCN(C(=O)OC(C)(C)C)C2)C1=O. The number of likely N-dealkylation sites (tertiary alicyclic amines) is 2. The van der Waals surface area contributed by atoms with Crippen LogP contribution in [0.4, 0.5) is 4.79 Å². The molecule has 0 aromatic heterocycles. The fourth-order valence-corrected chi connectivity index (χ4v) is 3.14. The zero-order valence-corrected chi connectivity index (χ0v) is 14.4. The topological polar surface area (TPSA) is 76.2 Å². The minimum absolute atomic E-state index is 0.0130. The number of carbonyl (C=O) groups is 3. The van der Waals surface area contributed by atoms with Crippen LogP contribution in [0.2, 0.25) is 0 Å². The van der Waals surface area contributed by atoms with Gasteiger partial charge >= 0.3 is 12.1 Å². The Balaban J connectivity index is 1.96. The van der Waals surface area contributed by atoms with E-state index < -0.39 is 11.0 Å². The monoisotopic (exact) mass is 326 g/mol. The number of esters is 1. The molecule has 0 saturated carbocycles. The molecule has 1 atom stereocenters. The Labute approximate surface area is 136 Å². The van der Waals surface area contributed by atoms with Crippen LogP contribution in [0, 0.1) is 5.41 Å². The maximum atomic E-state index is 12.7. The van der Waals surface area contributed by atoms with Crippen molar-refractivity contribution in [3.63, 3.8) is 0 Å². The highest BCUT2D eigenvalue weighted by atomic mass is 16.6. The van der Waals surface area contributed by atoms with Crippen molar-refractivity contribution in [2.75, 3.05) is 32.8 Å². The van der Waals surface area contributed by atoms with Crippen LogP contribution in [0.25, 0.3) is 0 Å². The largest absolute Gasteiger partial charge is 0.465 e. The third kappa shape index (κ3) is 3.95. The minimum Gasteiger partial charge on any atom is -0.465 e. The third-order valence-corrected chi connectivity index (χ3v) is 4.23. The maximum Gasteiger partial charge on any atom is 0.410 e. The standard InChI is InChI=1S/C16H26N2O5/c1-5-22-12(19)10-17-8-6-16(13(17)20)7-9-18(11-16)14(21)23-15(2,3)4/h5-11H2,1-4H3. The summed E-state index contributed by atoms with van der Waals surface area (Å²) in [7, 11) is 0. The number of nitrogens with zero attached hydrogens (tertiary/aromatic N) is 2. The Hall–Kier alpha value is -1.79. The summed E-state index contributed by atoms with van der Waals surface area (Å²) in [5.74, 6) is -0.448. The summed E-state index contributed by atoms with van der Waals surface area (Å²) in [5.41, 5.74) is -1.12. The van der Waals surface area contributed by atoms with E-state index in [1.165, 1.54) is 4.90 Å². The lowest BCUT2D eigenvalue weighted by Gasteiger charge is -2.26. The van der Waals surface area contributed by atoms with Gasteiger partial charge in [-0.1, -0.05) is 0 Å². The number of rotatable bonds is 3. The Morgan fingerprint density at radius 3 is 2.48 bits per heavy atom. The highest BCUT2D eigenvalue weighted by Gasteiger charge is 2.52. The molecule has 2 rings (SSSR count). The molecule has 1 unspecified atom stereocenters. The van der Waals surface area contributed by atoms with Gasteiger partial charge in [-0.05, 0) is 40.5 Å². The zero-order chi connectivity index (χ0) is 17.3. The van der Waals surface area contributed by atoms with Crippen molar-refractivity contribution in [2.24, 2.45) is 5.41 Å². The fraction of sp³-hybridized carbons (Fsp3) is 0.812. The van der Waals surface area contributed by atoms with Crippen molar-refractivity contribution in [2.45, 2.75) is 46.1 Å². The fourth-order valence-electron chi connectivity index (χ4n) is 3.14. The molecule has 2 heterocycles. The summed E-state index contributed by atoms with van der Waals surface area (Å²) in [6.45, 7) is 8.88. The van der Waals surface area contributed by atoms with Crippen molar-refractivity contribution in [3.05, 3.63) is 0 Å².